The first-order valence-electron chi connectivity index (χ1n) is 9.78. The Hall–Kier alpha value is -1.63. The Morgan fingerprint density at radius 3 is 2.24 bits per heavy atom. The van der Waals surface area contributed by atoms with Gasteiger partial charge in [0.1, 0.15) is 5.82 Å². The molecule has 1 saturated carbocycles. The van der Waals surface area contributed by atoms with Gasteiger partial charge in [-0.25, -0.2) is 4.39 Å². The third-order valence-electron chi connectivity index (χ3n) is 5.75. The average molecular weight is 338 g/mol. The van der Waals surface area contributed by atoms with Crippen molar-refractivity contribution in [2.75, 3.05) is 0 Å². The molecule has 0 N–H and O–H groups in total. The van der Waals surface area contributed by atoms with Gasteiger partial charge in [0, 0.05) is 0 Å². The topological polar surface area (TPSA) is 0 Å². The van der Waals surface area contributed by atoms with Crippen LogP contribution in [0.25, 0.3) is 11.1 Å². The van der Waals surface area contributed by atoms with E-state index in [0.29, 0.717) is 5.56 Å². The van der Waals surface area contributed by atoms with Crippen molar-refractivity contribution in [3.8, 4) is 11.1 Å². The molecule has 1 fully saturated rings. The molecule has 25 heavy (non-hydrogen) atoms. The third kappa shape index (κ3) is 5.17. The van der Waals surface area contributed by atoms with Crippen molar-refractivity contribution in [1.82, 2.24) is 0 Å². The smallest absolute Gasteiger partial charge is 0.126 e. The SMILES string of the molecule is C[C]1CCC(CCCCc2ccc(-c3ccc(C)c(F)c3)cc2)CC1. The first kappa shape index (κ1) is 18.2. The minimum Gasteiger partial charge on any atom is -0.207 e. The molecule has 1 aliphatic rings. The number of benzene rings is 2. The van der Waals surface area contributed by atoms with Gasteiger partial charge in [-0.3, -0.25) is 0 Å². The van der Waals surface area contributed by atoms with Crippen molar-refractivity contribution in [2.45, 2.75) is 65.2 Å². The Kier molecular flexibility index (Phi) is 6.29. The van der Waals surface area contributed by atoms with E-state index in [1.54, 1.807) is 18.9 Å². The van der Waals surface area contributed by atoms with Crippen molar-refractivity contribution in [3.63, 3.8) is 0 Å². The molecule has 0 bridgehead atoms. The van der Waals surface area contributed by atoms with Gasteiger partial charge in [0.05, 0.1) is 0 Å². The summed E-state index contributed by atoms with van der Waals surface area (Å²) < 4.78 is 13.7. The Labute approximate surface area is 152 Å². The van der Waals surface area contributed by atoms with E-state index in [1.807, 2.05) is 12.1 Å². The van der Waals surface area contributed by atoms with Gasteiger partial charge in [0.2, 0.25) is 0 Å². The van der Waals surface area contributed by atoms with Crippen LogP contribution in [0.2, 0.25) is 0 Å². The standard InChI is InChI=1S/C24H30F/c1-18-7-10-20(11-8-18)5-3-4-6-21-12-15-22(16-13-21)23-14-9-19(2)24(25)17-23/h9,12-17,20H,3-8,10-11H2,1-2H3. The summed E-state index contributed by atoms with van der Waals surface area (Å²) in [5, 5.41) is 0. The highest BCUT2D eigenvalue weighted by atomic mass is 19.1. The van der Waals surface area contributed by atoms with Crippen LogP contribution < -0.4 is 0 Å². The first-order chi connectivity index (χ1) is 12.1. The maximum atomic E-state index is 13.7. The molecule has 2 aromatic carbocycles. The van der Waals surface area contributed by atoms with Crippen LogP contribution in [0.3, 0.4) is 0 Å². The van der Waals surface area contributed by atoms with Crippen molar-refractivity contribution >= 4 is 0 Å². The highest BCUT2D eigenvalue weighted by Crippen LogP contribution is 2.32. The predicted molar refractivity (Wildman–Crippen MR) is 105 cm³/mol. The lowest BCUT2D eigenvalue weighted by Gasteiger charge is -2.25. The maximum absolute atomic E-state index is 13.7. The summed E-state index contributed by atoms with van der Waals surface area (Å²) in [6, 6.07) is 14.1. The number of halogens is 1. The van der Waals surface area contributed by atoms with Gasteiger partial charge in [-0.05, 0) is 85.6 Å². The van der Waals surface area contributed by atoms with Crippen LogP contribution in [0, 0.1) is 24.6 Å². The van der Waals surface area contributed by atoms with Gasteiger partial charge in [0.25, 0.3) is 0 Å². The normalized spacial score (nSPS) is 16.3. The summed E-state index contributed by atoms with van der Waals surface area (Å²) in [6.45, 7) is 4.11. The van der Waals surface area contributed by atoms with Gasteiger partial charge in [0.15, 0.2) is 0 Å². The van der Waals surface area contributed by atoms with Gasteiger partial charge < -0.3 is 0 Å². The summed E-state index contributed by atoms with van der Waals surface area (Å²) in [5.74, 6) is 2.53. The van der Waals surface area contributed by atoms with E-state index in [-0.39, 0.29) is 5.82 Å². The molecule has 3 rings (SSSR count). The van der Waals surface area contributed by atoms with Crippen LogP contribution in [0.4, 0.5) is 4.39 Å². The van der Waals surface area contributed by atoms with Gasteiger partial charge in [-0.1, -0.05) is 56.2 Å². The molecule has 0 unspecified atom stereocenters. The second-order valence-corrected chi connectivity index (χ2v) is 7.81. The maximum Gasteiger partial charge on any atom is 0.126 e. The van der Waals surface area contributed by atoms with Gasteiger partial charge in [-0.15, -0.1) is 0 Å². The predicted octanol–water partition coefficient (Wildman–Crippen LogP) is 7.30. The summed E-state index contributed by atoms with van der Waals surface area (Å²) in [7, 11) is 0. The van der Waals surface area contributed by atoms with Crippen LogP contribution in [0.5, 0.6) is 0 Å². The monoisotopic (exact) mass is 337 g/mol. The molecular formula is C24H30F. The third-order valence-corrected chi connectivity index (χ3v) is 5.75. The number of hydrogen-bond donors (Lipinski definition) is 0. The van der Waals surface area contributed by atoms with Crippen LogP contribution in [0.15, 0.2) is 42.5 Å². The zero-order valence-electron chi connectivity index (χ0n) is 15.7. The van der Waals surface area contributed by atoms with E-state index in [0.717, 1.165) is 23.5 Å². The van der Waals surface area contributed by atoms with E-state index < -0.39 is 0 Å². The molecule has 0 aliphatic heterocycles. The molecule has 0 nitrogen and oxygen atoms in total. The van der Waals surface area contributed by atoms with Crippen LogP contribution in [-0.4, -0.2) is 0 Å². The Morgan fingerprint density at radius 2 is 1.56 bits per heavy atom. The summed E-state index contributed by atoms with van der Waals surface area (Å²) in [6.07, 6.45) is 10.7. The number of hydrogen-bond acceptors (Lipinski definition) is 0. The highest BCUT2D eigenvalue weighted by molar-refractivity contribution is 5.64. The first-order valence-corrected chi connectivity index (χ1v) is 9.78. The fourth-order valence-corrected chi connectivity index (χ4v) is 3.86. The average Bonchev–Trinajstić information content (AvgIpc) is 2.63. The van der Waals surface area contributed by atoms with E-state index in [9.17, 15) is 4.39 Å². The molecule has 0 amide bonds. The van der Waals surface area contributed by atoms with Crippen LogP contribution >= 0.6 is 0 Å². The molecule has 133 valence electrons. The molecular weight excluding hydrogens is 307 g/mol. The molecule has 1 radical (unpaired) electrons. The minimum absolute atomic E-state index is 0.128. The minimum atomic E-state index is -0.128. The van der Waals surface area contributed by atoms with E-state index >= 15 is 0 Å². The molecule has 1 aliphatic carbocycles. The second-order valence-electron chi connectivity index (χ2n) is 7.81. The van der Waals surface area contributed by atoms with Crippen LogP contribution in [-0.2, 0) is 6.42 Å². The van der Waals surface area contributed by atoms with E-state index in [4.69, 9.17) is 0 Å². The van der Waals surface area contributed by atoms with Gasteiger partial charge in [-0.2, -0.15) is 0 Å². The Balaban J connectivity index is 1.45. The fraction of sp³-hybridized carbons (Fsp3) is 0.458. The van der Waals surface area contributed by atoms with Crippen molar-refractivity contribution in [1.29, 1.82) is 0 Å². The summed E-state index contributed by atoms with van der Waals surface area (Å²) in [4.78, 5) is 0. The quantitative estimate of drug-likeness (QED) is 0.485. The van der Waals surface area contributed by atoms with E-state index in [2.05, 4.69) is 31.2 Å². The molecule has 0 saturated heterocycles. The number of unbranched alkanes of at least 4 members (excludes halogenated alkanes) is 1. The lowest BCUT2D eigenvalue weighted by molar-refractivity contribution is 0.347. The van der Waals surface area contributed by atoms with Crippen molar-refractivity contribution in [2.24, 2.45) is 5.92 Å². The zero-order valence-corrected chi connectivity index (χ0v) is 15.7. The van der Waals surface area contributed by atoms with Crippen molar-refractivity contribution < 1.29 is 4.39 Å². The second kappa shape index (κ2) is 8.65. The number of rotatable bonds is 6. The molecule has 0 spiro atoms. The highest BCUT2D eigenvalue weighted by Gasteiger charge is 2.17. The van der Waals surface area contributed by atoms with Gasteiger partial charge >= 0.3 is 0 Å². The molecule has 1 heteroatoms. The van der Waals surface area contributed by atoms with Crippen molar-refractivity contribution in [3.05, 3.63) is 65.3 Å². The Morgan fingerprint density at radius 1 is 0.880 bits per heavy atom. The molecule has 0 aromatic heterocycles. The zero-order chi connectivity index (χ0) is 17.6. The molecule has 0 atom stereocenters. The number of aryl methyl sites for hydroxylation is 2. The lowest BCUT2D eigenvalue weighted by atomic mass is 9.80. The molecule has 2 aromatic rings. The van der Waals surface area contributed by atoms with E-state index in [1.165, 1.54) is 50.5 Å². The summed E-state index contributed by atoms with van der Waals surface area (Å²) in [5.41, 5.74) is 4.14. The molecule has 0 heterocycles. The fourth-order valence-electron chi connectivity index (χ4n) is 3.86. The van der Waals surface area contributed by atoms with Crippen LogP contribution in [0.1, 0.15) is 63.0 Å². The summed E-state index contributed by atoms with van der Waals surface area (Å²) >= 11 is 0. The Bertz CT molecular complexity index is 663. The lowest BCUT2D eigenvalue weighted by Crippen LogP contribution is -2.10. The largest absolute Gasteiger partial charge is 0.207 e.